The summed E-state index contributed by atoms with van der Waals surface area (Å²) in [4.78, 5) is 11.0. The third-order valence-corrected chi connectivity index (χ3v) is 5.25. The van der Waals surface area contributed by atoms with Gasteiger partial charge in [-0.1, -0.05) is 23.9 Å². The summed E-state index contributed by atoms with van der Waals surface area (Å²) in [6, 6.07) is 6.02. The Morgan fingerprint density at radius 3 is 2.00 bits per heavy atom. The second kappa shape index (κ2) is 10.1. The third-order valence-electron chi connectivity index (χ3n) is 5.25. The first kappa shape index (κ1) is 29.3. The Morgan fingerprint density at radius 1 is 0.763 bits per heavy atom. The molecule has 0 spiro atoms. The van der Waals surface area contributed by atoms with Gasteiger partial charge in [0.25, 0.3) is 0 Å². The maximum absolute atomic E-state index is 14.5. The Bertz CT molecular complexity index is 1480. The first-order valence-electron chi connectivity index (χ1n) is 10.1. The molecule has 5 nitrogen and oxygen atoms in total. The average molecular weight is 724 g/mol. The zero-order valence-electron chi connectivity index (χ0n) is 18.9. The Labute approximate surface area is 223 Å². The first-order chi connectivity index (χ1) is 17.1. The van der Waals surface area contributed by atoms with Crippen molar-refractivity contribution in [1.82, 2.24) is 24.7 Å². The number of pyridine rings is 3. The van der Waals surface area contributed by atoms with Crippen LogP contribution in [0.3, 0.4) is 0 Å². The van der Waals surface area contributed by atoms with E-state index in [4.69, 9.17) is 0 Å². The van der Waals surface area contributed by atoms with Crippen molar-refractivity contribution in [2.45, 2.75) is 31.6 Å². The van der Waals surface area contributed by atoms with Crippen LogP contribution in [0, 0.1) is 30.0 Å². The summed E-state index contributed by atoms with van der Waals surface area (Å²) in [5.41, 5.74) is -6.03. The van der Waals surface area contributed by atoms with Crippen LogP contribution in [-0.2, 0) is 38.8 Å². The van der Waals surface area contributed by atoms with Crippen molar-refractivity contribution in [2.24, 2.45) is 0 Å². The molecule has 4 rings (SSSR count). The van der Waals surface area contributed by atoms with Gasteiger partial charge in [-0.05, 0) is 37.7 Å². The summed E-state index contributed by atoms with van der Waals surface area (Å²) >= 11 is 0. The fraction of sp³-hybridized carbons (Fsp3) is 0.217. The molecule has 0 saturated heterocycles. The number of hydrogen-bond donors (Lipinski definition) is 0. The summed E-state index contributed by atoms with van der Waals surface area (Å²) < 4.78 is 122. The van der Waals surface area contributed by atoms with Gasteiger partial charge in [0, 0.05) is 16.8 Å². The predicted molar refractivity (Wildman–Crippen MR) is 109 cm³/mol. The zero-order chi connectivity index (χ0) is 27.3. The fourth-order valence-corrected chi connectivity index (χ4v) is 3.28. The van der Waals surface area contributed by atoms with Crippen LogP contribution >= 0.6 is 0 Å². The van der Waals surface area contributed by atoms with Crippen molar-refractivity contribution in [3.63, 3.8) is 0 Å². The molecule has 4 aromatic heterocycles. The normalized spacial score (nSPS) is 12.4. The number of aromatic nitrogens is 5. The Balaban J connectivity index is 0.00000400. The second-order valence-corrected chi connectivity index (χ2v) is 8.24. The van der Waals surface area contributed by atoms with E-state index in [0.29, 0.717) is 28.9 Å². The van der Waals surface area contributed by atoms with Crippen LogP contribution in [0.5, 0.6) is 0 Å². The molecule has 4 heterocycles. The molecule has 0 radical (unpaired) electrons. The van der Waals surface area contributed by atoms with Gasteiger partial charge in [0.05, 0.1) is 17.1 Å². The monoisotopic (exact) mass is 724 g/mol. The van der Waals surface area contributed by atoms with Crippen LogP contribution in [-0.4, -0.2) is 24.7 Å². The smallest absolute Gasteiger partial charge is 0.343 e. The molecule has 0 saturated carbocycles. The van der Waals surface area contributed by atoms with Gasteiger partial charge in [-0.15, -0.1) is 12.1 Å². The molecule has 0 atom stereocenters. The van der Waals surface area contributed by atoms with Crippen LogP contribution in [0.4, 0.5) is 39.5 Å². The molecule has 0 bridgehead atoms. The van der Waals surface area contributed by atoms with Crippen molar-refractivity contribution in [1.29, 1.82) is 0 Å². The molecule has 0 aliphatic rings. The van der Waals surface area contributed by atoms with E-state index in [-0.39, 0.29) is 32.5 Å². The van der Waals surface area contributed by atoms with Gasteiger partial charge in [0.1, 0.15) is 17.7 Å². The van der Waals surface area contributed by atoms with E-state index < -0.39 is 63.8 Å². The first-order valence-corrected chi connectivity index (χ1v) is 10.1. The predicted octanol–water partition coefficient (Wildman–Crippen LogP) is 6.10. The van der Waals surface area contributed by atoms with Gasteiger partial charge < -0.3 is 9.67 Å². The maximum atomic E-state index is 14.5. The standard InChI is InChI=1S/C23H12F9N5.Pt/c1-21(2,17-9-12(24)10-19(34-17)37-6-5-15(36-37)23(30,31)32)16-8-11(22(27,28)29)7-14(33-16)13-3-4-18(25)35-20(13)26;/h4-5,7-10H,1-2H3;/q-2;+2. The summed E-state index contributed by atoms with van der Waals surface area (Å²) in [5, 5.41) is 3.26. The minimum Gasteiger partial charge on any atom is -0.343 e. The van der Waals surface area contributed by atoms with E-state index in [1.54, 1.807) is 0 Å². The van der Waals surface area contributed by atoms with Gasteiger partial charge in [-0.25, -0.2) is 13.2 Å². The topological polar surface area (TPSA) is 56.5 Å². The van der Waals surface area contributed by atoms with Gasteiger partial charge in [-0.2, -0.15) is 26.3 Å². The Hall–Kier alpha value is -3.28. The second-order valence-electron chi connectivity index (χ2n) is 8.24. The molecule has 0 amide bonds. The SMILES string of the molecule is CC(C)(c1cc(C(F)(F)F)cc(-c2[c-]cc(F)nc2F)n1)c1cc(F)cc(-n2[c-]cc(C(F)(F)F)n2)n1.[Pt+2]. The molecular formula is C23H12F9N5Pt. The van der Waals surface area contributed by atoms with Crippen molar-refractivity contribution in [3.8, 4) is 17.1 Å². The molecule has 0 aliphatic heterocycles. The van der Waals surface area contributed by atoms with Gasteiger partial charge >= 0.3 is 33.4 Å². The number of alkyl halides is 6. The average Bonchev–Trinajstić information content (AvgIpc) is 3.29. The summed E-state index contributed by atoms with van der Waals surface area (Å²) in [6.07, 6.45) is -7.58. The molecule has 0 aromatic carbocycles. The summed E-state index contributed by atoms with van der Waals surface area (Å²) in [7, 11) is 0. The van der Waals surface area contributed by atoms with Crippen LogP contribution < -0.4 is 0 Å². The summed E-state index contributed by atoms with van der Waals surface area (Å²) in [6.45, 7) is 2.64. The van der Waals surface area contributed by atoms with E-state index in [2.05, 4.69) is 32.3 Å². The van der Waals surface area contributed by atoms with Crippen molar-refractivity contribution < 1.29 is 60.6 Å². The maximum Gasteiger partial charge on any atom is 2.00 e. The molecule has 38 heavy (non-hydrogen) atoms. The number of nitrogens with zero attached hydrogens (tertiary/aromatic N) is 5. The van der Waals surface area contributed by atoms with E-state index >= 15 is 0 Å². The minimum atomic E-state index is -4.93. The molecule has 0 aliphatic carbocycles. The van der Waals surface area contributed by atoms with Crippen molar-refractivity contribution in [2.75, 3.05) is 0 Å². The third kappa shape index (κ3) is 5.90. The minimum absolute atomic E-state index is 0. The molecule has 0 fully saturated rings. The molecule has 0 N–H and O–H groups in total. The van der Waals surface area contributed by atoms with E-state index in [0.717, 1.165) is 12.1 Å². The van der Waals surface area contributed by atoms with Crippen molar-refractivity contribution >= 4 is 0 Å². The van der Waals surface area contributed by atoms with E-state index in [1.165, 1.54) is 13.8 Å². The van der Waals surface area contributed by atoms with E-state index in [9.17, 15) is 39.5 Å². The van der Waals surface area contributed by atoms with Crippen LogP contribution in [0.1, 0.15) is 36.5 Å². The quantitative estimate of drug-likeness (QED) is 0.145. The Morgan fingerprint density at radius 2 is 1.42 bits per heavy atom. The summed E-state index contributed by atoms with van der Waals surface area (Å²) in [5.74, 6) is -4.14. The van der Waals surface area contributed by atoms with Crippen LogP contribution in [0.25, 0.3) is 17.1 Å². The van der Waals surface area contributed by atoms with E-state index in [1.807, 2.05) is 0 Å². The zero-order valence-corrected chi connectivity index (χ0v) is 21.2. The molecule has 15 heteroatoms. The van der Waals surface area contributed by atoms with Gasteiger partial charge in [0.15, 0.2) is 0 Å². The molecule has 202 valence electrons. The fourth-order valence-electron chi connectivity index (χ4n) is 3.28. The van der Waals surface area contributed by atoms with Crippen molar-refractivity contribution in [3.05, 3.63) is 89.0 Å². The molecule has 0 unspecified atom stereocenters. The number of rotatable bonds is 4. The van der Waals surface area contributed by atoms with Crippen LogP contribution in [0.2, 0.25) is 0 Å². The number of hydrogen-bond acceptors (Lipinski definition) is 4. The van der Waals surface area contributed by atoms with Gasteiger partial charge in [0.2, 0.25) is 0 Å². The Kier molecular flexibility index (Phi) is 7.80. The van der Waals surface area contributed by atoms with Crippen LogP contribution in [0.15, 0.2) is 36.4 Å². The number of halogens is 9. The van der Waals surface area contributed by atoms with Gasteiger partial charge in [-0.3, -0.25) is 15.1 Å². The largest absolute Gasteiger partial charge is 2.00 e. The molecular weight excluding hydrogens is 712 g/mol. The molecule has 4 aromatic rings.